The molecular weight excluding hydrogens is 246 g/mol. The smallest absolute Gasteiger partial charge is 0.272 e. The number of aromatic nitrogens is 2. The molecule has 104 valence electrons. The van der Waals surface area contributed by atoms with Gasteiger partial charge in [-0.3, -0.25) is 4.79 Å². The minimum absolute atomic E-state index is 0.135. The summed E-state index contributed by atoms with van der Waals surface area (Å²) in [5.41, 5.74) is 1.27. The Balaban J connectivity index is 1.67. The van der Waals surface area contributed by atoms with Gasteiger partial charge in [0.05, 0.1) is 12.6 Å². The van der Waals surface area contributed by atoms with Gasteiger partial charge in [-0.05, 0) is 32.6 Å². The molecule has 1 aliphatic heterocycles. The van der Waals surface area contributed by atoms with E-state index in [1.54, 1.807) is 4.68 Å². The van der Waals surface area contributed by atoms with E-state index < -0.39 is 0 Å². The van der Waals surface area contributed by atoms with Gasteiger partial charge in [-0.2, -0.15) is 5.10 Å². The predicted molar refractivity (Wildman–Crippen MR) is 68.2 cm³/mol. The van der Waals surface area contributed by atoms with Gasteiger partial charge in [-0.15, -0.1) is 0 Å². The van der Waals surface area contributed by atoms with Crippen LogP contribution < -0.4 is 10.1 Å². The first-order valence-electron chi connectivity index (χ1n) is 6.84. The average molecular weight is 265 g/mol. The fourth-order valence-electron chi connectivity index (χ4n) is 2.79. The third kappa shape index (κ3) is 2.32. The van der Waals surface area contributed by atoms with Gasteiger partial charge in [0.15, 0.2) is 5.69 Å². The molecule has 1 saturated carbocycles. The molecule has 2 aliphatic rings. The van der Waals surface area contributed by atoms with Crippen molar-refractivity contribution in [1.82, 2.24) is 15.1 Å². The van der Waals surface area contributed by atoms with E-state index in [0.29, 0.717) is 24.7 Å². The van der Waals surface area contributed by atoms with Crippen molar-refractivity contribution >= 4 is 5.91 Å². The minimum atomic E-state index is -0.209. The topological polar surface area (TPSA) is 76.4 Å². The molecule has 0 aromatic carbocycles. The van der Waals surface area contributed by atoms with E-state index >= 15 is 0 Å². The van der Waals surface area contributed by atoms with E-state index in [0.717, 1.165) is 31.2 Å². The second-order valence-electron chi connectivity index (χ2n) is 5.33. The number of amides is 1. The Bertz CT molecular complexity index is 490. The van der Waals surface area contributed by atoms with Crippen LogP contribution in [0.3, 0.4) is 0 Å². The standard InChI is InChI=1S/C13H19N3O3/c1-8-11(15-16-6-7-19-13(8)16)12(18)14-9-2-4-10(17)5-3-9/h9-10,17H,2-7H2,1H3,(H,14,18). The summed E-state index contributed by atoms with van der Waals surface area (Å²) in [6.45, 7) is 3.20. The van der Waals surface area contributed by atoms with Gasteiger partial charge in [0, 0.05) is 11.6 Å². The second kappa shape index (κ2) is 4.85. The molecule has 2 heterocycles. The first kappa shape index (κ1) is 12.5. The molecule has 0 saturated heterocycles. The maximum Gasteiger partial charge on any atom is 0.272 e. The number of carbonyl (C=O) groups is 1. The van der Waals surface area contributed by atoms with Crippen LogP contribution in [-0.2, 0) is 6.54 Å². The van der Waals surface area contributed by atoms with Crippen molar-refractivity contribution in [1.29, 1.82) is 0 Å². The Hall–Kier alpha value is -1.56. The van der Waals surface area contributed by atoms with Crippen LogP contribution in [0.2, 0.25) is 0 Å². The lowest BCUT2D eigenvalue weighted by molar-refractivity contribution is 0.0861. The van der Waals surface area contributed by atoms with Gasteiger partial charge in [-0.1, -0.05) is 0 Å². The molecule has 1 amide bonds. The van der Waals surface area contributed by atoms with E-state index in [1.165, 1.54) is 0 Å². The highest BCUT2D eigenvalue weighted by Gasteiger charge is 2.27. The summed E-state index contributed by atoms with van der Waals surface area (Å²) in [5.74, 6) is 0.577. The SMILES string of the molecule is Cc1c(C(=O)NC2CCC(O)CC2)nn2c1OCC2. The average Bonchev–Trinajstić information content (AvgIpc) is 2.96. The Morgan fingerprint density at radius 2 is 2.16 bits per heavy atom. The van der Waals surface area contributed by atoms with Crippen LogP contribution in [0.15, 0.2) is 0 Å². The number of hydrogen-bond donors (Lipinski definition) is 2. The molecule has 3 rings (SSSR count). The number of hydrogen-bond acceptors (Lipinski definition) is 4. The highest BCUT2D eigenvalue weighted by Crippen LogP contribution is 2.26. The zero-order chi connectivity index (χ0) is 13.4. The number of carbonyl (C=O) groups excluding carboxylic acids is 1. The molecule has 0 radical (unpaired) electrons. The number of nitrogens with one attached hydrogen (secondary N) is 1. The summed E-state index contributed by atoms with van der Waals surface area (Å²) < 4.78 is 7.20. The Morgan fingerprint density at radius 3 is 2.84 bits per heavy atom. The summed E-state index contributed by atoms with van der Waals surface area (Å²) in [6.07, 6.45) is 2.96. The van der Waals surface area contributed by atoms with Gasteiger partial charge in [0.25, 0.3) is 5.91 Å². The maximum atomic E-state index is 12.2. The molecule has 1 aliphatic carbocycles. The van der Waals surface area contributed by atoms with Crippen molar-refractivity contribution in [2.45, 2.75) is 51.3 Å². The summed E-state index contributed by atoms with van der Waals surface area (Å²) in [4.78, 5) is 12.2. The first-order valence-corrected chi connectivity index (χ1v) is 6.84. The van der Waals surface area contributed by atoms with Crippen molar-refractivity contribution in [2.75, 3.05) is 6.61 Å². The molecule has 0 spiro atoms. The van der Waals surface area contributed by atoms with Crippen LogP contribution in [0, 0.1) is 6.92 Å². The molecule has 1 fully saturated rings. The molecule has 6 heteroatoms. The van der Waals surface area contributed by atoms with E-state index in [1.807, 2.05) is 6.92 Å². The summed E-state index contributed by atoms with van der Waals surface area (Å²) in [6, 6.07) is 0.146. The first-order chi connectivity index (χ1) is 9.15. The second-order valence-corrected chi connectivity index (χ2v) is 5.33. The van der Waals surface area contributed by atoms with Gasteiger partial charge >= 0.3 is 0 Å². The molecule has 0 bridgehead atoms. The van der Waals surface area contributed by atoms with Crippen molar-refractivity contribution in [3.63, 3.8) is 0 Å². The quantitative estimate of drug-likeness (QED) is 0.821. The fourth-order valence-corrected chi connectivity index (χ4v) is 2.79. The van der Waals surface area contributed by atoms with Gasteiger partial charge in [-0.25, -0.2) is 4.68 Å². The molecule has 0 unspecified atom stereocenters. The van der Waals surface area contributed by atoms with Crippen molar-refractivity contribution < 1.29 is 14.6 Å². The van der Waals surface area contributed by atoms with Gasteiger partial charge < -0.3 is 15.2 Å². The minimum Gasteiger partial charge on any atom is -0.476 e. The lowest BCUT2D eigenvalue weighted by Gasteiger charge is -2.25. The largest absolute Gasteiger partial charge is 0.476 e. The van der Waals surface area contributed by atoms with E-state index in [2.05, 4.69) is 10.4 Å². The van der Waals surface area contributed by atoms with Crippen LogP contribution >= 0.6 is 0 Å². The summed E-state index contributed by atoms with van der Waals surface area (Å²) >= 11 is 0. The highest BCUT2D eigenvalue weighted by molar-refractivity contribution is 5.94. The Morgan fingerprint density at radius 1 is 1.42 bits per heavy atom. The number of nitrogens with zero attached hydrogens (tertiary/aromatic N) is 2. The molecule has 19 heavy (non-hydrogen) atoms. The molecule has 2 N–H and O–H groups in total. The maximum absolute atomic E-state index is 12.2. The van der Waals surface area contributed by atoms with Crippen LogP contribution in [0.1, 0.15) is 41.7 Å². The molecule has 1 aromatic rings. The van der Waals surface area contributed by atoms with E-state index in [-0.39, 0.29) is 18.1 Å². The molecular formula is C13H19N3O3. The summed E-state index contributed by atoms with van der Waals surface area (Å²) in [5, 5.41) is 16.8. The number of ether oxygens (including phenoxy) is 1. The van der Waals surface area contributed by atoms with Crippen molar-refractivity contribution in [3.05, 3.63) is 11.3 Å². The molecule has 1 aromatic heterocycles. The van der Waals surface area contributed by atoms with Gasteiger partial charge in [0.1, 0.15) is 6.61 Å². The van der Waals surface area contributed by atoms with Crippen LogP contribution in [0.5, 0.6) is 5.88 Å². The predicted octanol–water partition coefficient (Wildman–Crippen LogP) is 0.617. The van der Waals surface area contributed by atoms with E-state index in [9.17, 15) is 9.90 Å². The monoisotopic (exact) mass is 265 g/mol. The number of fused-ring (bicyclic) bond motifs is 1. The van der Waals surface area contributed by atoms with Crippen LogP contribution in [-0.4, -0.2) is 39.5 Å². The third-order valence-electron chi connectivity index (χ3n) is 3.92. The summed E-state index contributed by atoms with van der Waals surface area (Å²) in [7, 11) is 0. The van der Waals surface area contributed by atoms with Crippen LogP contribution in [0.25, 0.3) is 0 Å². The normalized spacial score (nSPS) is 25.8. The van der Waals surface area contributed by atoms with Crippen molar-refractivity contribution in [2.24, 2.45) is 0 Å². The van der Waals surface area contributed by atoms with Crippen molar-refractivity contribution in [3.8, 4) is 5.88 Å². The molecule has 0 atom stereocenters. The number of rotatable bonds is 2. The number of aliphatic hydroxyl groups excluding tert-OH is 1. The van der Waals surface area contributed by atoms with Gasteiger partial charge in [0.2, 0.25) is 5.88 Å². The third-order valence-corrected chi connectivity index (χ3v) is 3.92. The van der Waals surface area contributed by atoms with E-state index in [4.69, 9.17) is 4.74 Å². The Kier molecular flexibility index (Phi) is 3.18. The zero-order valence-electron chi connectivity index (χ0n) is 11.1. The number of aliphatic hydroxyl groups is 1. The molecule has 6 nitrogen and oxygen atoms in total. The fraction of sp³-hybridized carbons (Fsp3) is 0.692. The Labute approximate surface area is 111 Å². The zero-order valence-corrected chi connectivity index (χ0v) is 11.1. The highest BCUT2D eigenvalue weighted by atomic mass is 16.5. The lowest BCUT2D eigenvalue weighted by atomic mass is 9.93. The lowest BCUT2D eigenvalue weighted by Crippen LogP contribution is -2.39. The van der Waals surface area contributed by atoms with Crippen LogP contribution in [0.4, 0.5) is 0 Å².